The van der Waals surface area contributed by atoms with Gasteiger partial charge in [-0.05, 0) is 24.6 Å². The summed E-state index contributed by atoms with van der Waals surface area (Å²) in [6.45, 7) is 1.94. The van der Waals surface area contributed by atoms with Gasteiger partial charge in [-0.25, -0.2) is 0 Å². The lowest BCUT2D eigenvalue weighted by Gasteiger charge is -1.89. The van der Waals surface area contributed by atoms with Crippen LogP contribution in [0.4, 0.5) is 4.70 Å². The number of phenols is 1. The third-order valence-corrected chi connectivity index (χ3v) is 1.00. The highest BCUT2D eigenvalue weighted by Crippen LogP contribution is 2.08. The number of rotatable bonds is 0. The van der Waals surface area contributed by atoms with Crippen molar-refractivity contribution in [3.8, 4) is 5.75 Å². The number of hydrogen-bond donors (Lipinski definition) is 1. The van der Waals surface area contributed by atoms with E-state index in [0.717, 1.165) is 5.56 Å². The van der Waals surface area contributed by atoms with Crippen LogP contribution in [0.15, 0.2) is 24.3 Å². The van der Waals surface area contributed by atoms with E-state index in [0.29, 0.717) is 5.75 Å². The topological polar surface area (TPSA) is 20.2 Å². The molecule has 9 heavy (non-hydrogen) atoms. The Hall–Kier alpha value is -1.05. The first-order chi connectivity index (χ1) is 3.79. The minimum absolute atomic E-state index is 0. The van der Waals surface area contributed by atoms with Gasteiger partial charge in [0.2, 0.25) is 0 Å². The van der Waals surface area contributed by atoms with Gasteiger partial charge in [0, 0.05) is 0 Å². The molecule has 0 aliphatic rings. The van der Waals surface area contributed by atoms with Crippen LogP contribution < -0.4 is 0 Å². The monoisotopic (exact) mass is 128 g/mol. The number of phenolic OH excluding ortho intramolecular Hbond substituents is 1. The maximum absolute atomic E-state index is 8.81. The Balaban J connectivity index is 0.000000640. The summed E-state index contributed by atoms with van der Waals surface area (Å²) in [6, 6.07) is 7.15. The molecule has 0 unspecified atom stereocenters. The van der Waals surface area contributed by atoms with Crippen molar-refractivity contribution in [2.45, 2.75) is 6.92 Å². The van der Waals surface area contributed by atoms with Crippen molar-refractivity contribution in [2.75, 3.05) is 0 Å². The summed E-state index contributed by atoms with van der Waals surface area (Å²) in [6.07, 6.45) is 0. The molecule has 1 aromatic rings. The molecule has 2 heteroatoms. The Morgan fingerprint density at radius 1 is 1.33 bits per heavy atom. The predicted octanol–water partition coefficient (Wildman–Crippen LogP) is 1.85. The number of aromatic hydroxyl groups is 1. The highest BCUT2D eigenvalue weighted by molar-refractivity contribution is 5.25. The maximum atomic E-state index is 8.81. The standard InChI is InChI=1S/C7H8O.FH/c1-6-3-2-4-7(8)5-6;/h2-5,8H,1H3;1H. The molecule has 0 atom stereocenters. The Bertz CT molecular complexity index is 169. The molecule has 1 N–H and O–H groups in total. The lowest BCUT2D eigenvalue weighted by molar-refractivity contribution is 0.475. The quantitative estimate of drug-likeness (QED) is 0.565. The Morgan fingerprint density at radius 3 is 2.33 bits per heavy atom. The number of aryl methyl sites for hydroxylation is 1. The molecular weight excluding hydrogens is 119 g/mol. The van der Waals surface area contributed by atoms with Crippen LogP contribution in [-0.4, -0.2) is 5.11 Å². The molecule has 0 heterocycles. The molecule has 0 amide bonds. The molecule has 0 radical (unpaired) electrons. The normalized spacial score (nSPS) is 8.11. The van der Waals surface area contributed by atoms with Crippen LogP contribution >= 0.6 is 0 Å². The van der Waals surface area contributed by atoms with Crippen LogP contribution in [0, 0.1) is 6.92 Å². The van der Waals surface area contributed by atoms with Crippen LogP contribution in [-0.2, 0) is 0 Å². The summed E-state index contributed by atoms with van der Waals surface area (Å²) in [5.74, 6) is 0.338. The highest BCUT2D eigenvalue weighted by atomic mass is 19.0. The largest absolute Gasteiger partial charge is 0.508 e. The van der Waals surface area contributed by atoms with Crippen molar-refractivity contribution in [3.05, 3.63) is 29.8 Å². The predicted molar refractivity (Wildman–Crippen MR) is 35.3 cm³/mol. The average molecular weight is 128 g/mol. The lowest BCUT2D eigenvalue weighted by atomic mass is 10.2. The van der Waals surface area contributed by atoms with E-state index in [1.54, 1.807) is 12.1 Å². The van der Waals surface area contributed by atoms with Gasteiger partial charge in [-0.15, -0.1) is 0 Å². The summed E-state index contributed by atoms with van der Waals surface area (Å²) in [5.41, 5.74) is 1.09. The second-order valence-electron chi connectivity index (χ2n) is 1.84. The molecule has 0 bridgehead atoms. The van der Waals surface area contributed by atoms with Gasteiger partial charge in [0.05, 0.1) is 0 Å². The summed E-state index contributed by atoms with van der Waals surface area (Å²) in [5, 5.41) is 8.81. The van der Waals surface area contributed by atoms with Gasteiger partial charge in [0.1, 0.15) is 5.75 Å². The summed E-state index contributed by atoms with van der Waals surface area (Å²) in [4.78, 5) is 0. The third kappa shape index (κ3) is 2.13. The van der Waals surface area contributed by atoms with Crippen LogP contribution in [0.3, 0.4) is 0 Å². The van der Waals surface area contributed by atoms with Gasteiger partial charge in [-0.2, -0.15) is 0 Å². The first-order valence-corrected chi connectivity index (χ1v) is 2.54. The second-order valence-corrected chi connectivity index (χ2v) is 1.84. The summed E-state index contributed by atoms with van der Waals surface area (Å²) < 4.78 is 0. The van der Waals surface area contributed by atoms with E-state index in [9.17, 15) is 0 Å². The fraction of sp³-hybridized carbons (Fsp3) is 0.143. The van der Waals surface area contributed by atoms with E-state index >= 15 is 0 Å². The van der Waals surface area contributed by atoms with Crippen molar-refractivity contribution in [3.63, 3.8) is 0 Å². The minimum Gasteiger partial charge on any atom is -0.508 e. The van der Waals surface area contributed by atoms with Crippen molar-refractivity contribution in [2.24, 2.45) is 0 Å². The van der Waals surface area contributed by atoms with E-state index in [1.165, 1.54) is 0 Å². The molecule has 0 fully saturated rings. The van der Waals surface area contributed by atoms with Crippen molar-refractivity contribution in [1.29, 1.82) is 0 Å². The second kappa shape index (κ2) is 3.07. The van der Waals surface area contributed by atoms with Gasteiger partial charge in [0.25, 0.3) is 0 Å². The Labute approximate surface area is 53.3 Å². The van der Waals surface area contributed by atoms with Gasteiger partial charge in [-0.3, -0.25) is 4.70 Å². The van der Waals surface area contributed by atoms with Gasteiger partial charge in [-0.1, -0.05) is 12.1 Å². The first-order valence-electron chi connectivity index (χ1n) is 2.54. The molecule has 0 saturated carbocycles. The zero-order valence-corrected chi connectivity index (χ0v) is 5.16. The van der Waals surface area contributed by atoms with E-state index in [4.69, 9.17) is 5.11 Å². The summed E-state index contributed by atoms with van der Waals surface area (Å²) in [7, 11) is 0. The van der Waals surface area contributed by atoms with E-state index in [-0.39, 0.29) is 4.70 Å². The third-order valence-electron chi connectivity index (χ3n) is 1.00. The van der Waals surface area contributed by atoms with Crippen LogP contribution in [0.1, 0.15) is 5.56 Å². The molecule has 0 saturated heterocycles. The molecule has 0 aliphatic carbocycles. The Morgan fingerprint density at radius 2 is 2.00 bits per heavy atom. The fourth-order valence-corrected chi connectivity index (χ4v) is 0.628. The molecule has 0 aliphatic heterocycles. The number of hydrogen-bond acceptors (Lipinski definition) is 1. The van der Waals surface area contributed by atoms with E-state index in [1.807, 2.05) is 19.1 Å². The van der Waals surface area contributed by atoms with Gasteiger partial charge in [0.15, 0.2) is 0 Å². The molecule has 1 rings (SSSR count). The highest BCUT2D eigenvalue weighted by Gasteiger charge is 1.83. The van der Waals surface area contributed by atoms with Crippen LogP contribution in [0.25, 0.3) is 0 Å². The van der Waals surface area contributed by atoms with Crippen molar-refractivity contribution in [1.82, 2.24) is 0 Å². The first kappa shape index (κ1) is 7.95. The molecule has 0 spiro atoms. The molecule has 1 nitrogen and oxygen atoms in total. The van der Waals surface area contributed by atoms with Crippen LogP contribution in [0.5, 0.6) is 5.75 Å². The van der Waals surface area contributed by atoms with E-state index < -0.39 is 0 Å². The average Bonchev–Trinajstić information content (AvgIpc) is 1.64. The Kier molecular flexibility index (Phi) is 2.71. The zero-order valence-electron chi connectivity index (χ0n) is 5.16. The van der Waals surface area contributed by atoms with Crippen LogP contribution in [0.2, 0.25) is 0 Å². The maximum Gasteiger partial charge on any atom is 0.115 e. The molecule has 50 valence electrons. The number of halogens is 1. The lowest BCUT2D eigenvalue weighted by Crippen LogP contribution is -1.66. The minimum atomic E-state index is 0. The molecule has 1 aromatic carbocycles. The summed E-state index contributed by atoms with van der Waals surface area (Å²) >= 11 is 0. The van der Waals surface area contributed by atoms with Gasteiger partial charge < -0.3 is 5.11 Å². The van der Waals surface area contributed by atoms with E-state index in [2.05, 4.69) is 0 Å². The SMILES string of the molecule is Cc1cccc(O)c1.F. The number of benzene rings is 1. The zero-order chi connectivity index (χ0) is 5.98. The van der Waals surface area contributed by atoms with Crippen molar-refractivity contribution < 1.29 is 9.81 Å². The van der Waals surface area contributed by atoms with Gasteiger partial charge >= 0.3 is 0 Å². The molecule has 0 aromatic heterocycles. The molecular formula is C7H9FO. The smallest absolute Gasteiger partial charge is 0.115 e. The van der Waals surface area contributed by atoms with Crippen molar-refractivity contribution >= 4 is 0 Å². The fourth-order valence-electron chi connectivity index (χ4n) is 0.628.